The van der Waals surface area contributed by atoms with Gasteiger partial charge in [0.05, 0.1) is 13.0 Å². The van der Waals surface area contributed by atoms with E-state index in [4.69, 9.17) is 4.74 Å². The summed E-state index contributed by atoms with van der Waals surface area (Å²) in [6, 6.07) is 22.9. The van der Waals surface area contributed by atoms with E-state index in [1.807, 2.05) is 36.4 Å². The summed E-state index contributed by atoms with van der Waals surface area (Å²) in [6.07, 6.45) is 0. The summed E-state index contributed by atoms with van der Waals surface area (Å²) in [5, 5.41) is 2.98. The molecule has 3 aromatic rings. The van der Waals surface area contributed by atoms with Crippen LogP contribution >= 0.6 is 0 Å². The Hall–Kier alpha value is -3.67. The molecule has 2 unspecified atom stereocenters. The number of hydrogen-bond donors (Lipinski definition) is 1. The smallest absolute Gasteiger partial charge is 0.254 e. The summed E-state index contributed by atoms with van der Waals surface area (Å²) >= 11 is 0. The van der Waals surface area contributed by atoms with Crippen LogP contribution in [0.5, 0.6) is 5.75 Å². The highest BCUT2D eigenvalue weighted by Crippen LogP contribution is 2.34. The molecule has 164 valence electrons. The number of methoxy groups -OCH3 is 1. The topological polar surface area (TPSA) is 58.6 Å². The minimum Gasteiger partial charge on any atom is -0.497 e. The van der Waals surface area contributed by atoms with E-state index < -0.39 is 5.92 Å². The zero-order chi connectivity index (χ0) is 22.5. The van der Waals surface area contributed by atoms with E-state index in [2.05, 4.69) is 5.32 Å². The Morgan fingerprint density at radius 3 is 2.53 bits per heavy atom. The molecule has 5 nitrogen and oxygen atoms in total. The molecule has 1 saturated heterocycles. The van der Waals surface area contributed by atoms with E-state index in [-0.39, 0.29) is 30.1 Å². The quantitative estimate of drug-likeness (QED) is 0.640. The van der Waals surface area contributed by atoms with Crippen molar-refractivity contribution in [3.63, 3.8) is 0 Å². The number of carbonyl (C=O) groups is 2. The number of hydrogen-bond acceptors (Lipinski definition) is 3. The van der Waals surface area contributed by atoms with Crippen LogP contribution in [-0.2, 0) is 11.3 Å². The standard InChI is InChI=1S/C26H25FN2O3/c1-32-22-12-6-10-20(14-22)26(31)29-16-23(19-9-5-11-21(27)13-19)24(17-29)25(30)28-15-18-7-3-2-4-8-18/h2-14,23-24H,15-17H2,1H3,(H,28,30). The summed E-state index contributed by atoms with van der Waals surface area (Å²) in [7, 11) is 1.55. The zero-order valence-electron chi connectivity index (χ0n) is 17.8. The molecule has 1 N–H and O–H groups in total. The number of benzene rings is 3. The van der Waals surface area contributed by atoms with E-state index in [1.165, 1.54) is 12.1 Å². The monoisotopic (exact) mass is 432 g/mol. The number of nitrogens with one attached hydrogen (secondary N) is 1. The highest BCUT2D eigenvalue weighted by molar-refractivity contribution is 5.95. The largest absolute Gasteiger partial charge is 0.497 e. The highest BCUT2D eigenvalue weighted by Gasteiger charge is 2.40. The molecular weight excluding hydrogens is 407 g/mol. The van der Waals surface area contributed by atoms with Crippen molar-refractivity contribution >= 4 is 11.8 Å². The molecule has 3 aromatic carbocycles. The minimum absolute atomic E-state index is 0.149. The Morgan fingerprint density at radius 2 is 1.78 bits per heavy atom. The Morgan fingerprint density at radius 1 is 1.00 bits per heavy atom. The summed E-state index contributed by atoms with van der Waals surface area (Å²) < 4.78 is 19.2. The Bertz CT molecular complexity index is 1100. The van der Waals surface area contributed by atoms with E-state index in [9.17, 15) is 14.0 Å². The van der Waals surface area contributed by atoms with Crippen molar-refractivity contribution in [3.05, 3.63) is 101 Å². The third-order valence-corrected chi connectivity index (χ3v) is 5.85. The van der Waals surface area contributed by atoms with Crippen LogP contribution in [-0.4, -0.2) is 36.9 Å². The number of nitrogens with zero attached hydrogens (tertiary/aromatic N) is 1. The van der Waals surface area contributed by atoms with Crippen molar-refractivity contribution in [2.75, 3.05) is 20.2 Å². The van der Waals surface area contributed by atoms with Crippen molar-refractivity contribution in [2.45, 2.75) is 12.5 Å². The fourth-order valence-corrected chi connectivity index (χ4v) is 4.17. The molecule has 1 heterocycles. The fraction of sp³-hybridized carbons (Fsp3) is 0.231. The lowest BCUT2D eigenvalue weighted by Gasteiger charge is -2.18. The zero-order valence-corrected chi connectivity index (χ0v) is 17.8. The highest BCUT2D eigenvalue weighted by atomic mass is 19.1. The van der Waals surface area contributed by atoms with E-state index in [0.29, 0.717) is 30.0 Å². The van der Waals surface area contributed by atoms with Crippen LogP contribution in [0.15, 0.2) is 78.9 Å². The molecule has 0 saturated carbocycles. The number of amides is 2. The third kappa shape index (κ3) is 4.80. The number of carbonyl (C=O) groups excluding carboxylic acids is 2. The summed E-state index contributed by atoms with van der Waals surface area (Å²) in [5.74, 6) is -0.865. The van der Waals surface area contributed by atoms with Crippen LogP contribution in [0.3, 0.4) is 0 Å². The Kier molecular flexibility index (Phi) is 6.50. The molecule has 2 atom stereocenters. The van der Waals surface area contributed by atoms with Gasteiger partial charge >= 0.3 is 0 Å². The first-order valence-electron chi connectivity index (χ1n) is 10.6. The van der Waals surface area contributed by atoms with Gasteiger partial charge in [0.15, 0.2) is 0 Å². The van der Waals surface area contributed by atoms with Gasteiger partial charge in [0.1, 0.15) is 11.6 Å². The first-order chi connectivity index (χ1) is 15.5. The molecule has 0 bridgehead atoms. The molecular formula is C26H25FN2O3. The first-order valence-corrected chi connectivity index (χ1v) is 10.6. The predicted molar refractivity (Wildman–Crippen MR) is 120 cm³/mol. The van der Waals surface area contributed by atoms with Gasteiger partial charge in [-0.25, -0.2) is 4.39 Å². The molecule has 0 spiro atoms. The molecule has 1 fully saturated rings. The Balaban J connectivity index is 1.56. The third-order valence-electron chi connectivity index (χ3n) is 5.85. The van der Waals surface area contributed by atoms with Crippen LogP contribution in [0.2, 0.25) is 0 Å². The van der Waals surface area contributed by atoms with Gasteiger partial charge in [0.25, 0.3) is 5.91 Å². The van der Waals surface area contributed by atoms with E-state index in [0.717, 1.165) is 5.56 Å². The Labute approximate surface area is 186 Å². The van der Waals surface area contributed by atoms with E-state index in [1.54, 1.807) is 42.3 Å². The van der Waals surface area contributed by atoms with Crippen molar-refractivity contribution in [3.8, 4) is 5.75 Å². The minimum atomic E-state index is -0.477. The molecule has 4 rings (SSSR count). The van der Waals surface area contributed by atoms with Gasteiger partial charge in [-0.05, 0) is 41.5 Å². The molecule has 6 heteroatoms. The van der Waals surface area contributed by atoms with Crippen LogP contribution in [0, 0.1) is 11.7 Å². The SMILES string of the molecule is COc1cccc(C(=O)N2CC(C(=O)NCc3ccccc3)C(c3cccc(F)c3)C2)c1. The number of halogens is 1. The second-order valence-electron chi connectivity index (χ2n) is 7.91. The average Bonchev–Trinajstić information content (AvgIpc) is 3.28. The van der Waals surface area contributed by atoms with Gasteiger partial charge in [0, 0.05) is 31.1 Å². The van der Waals surface area contributed by atoms with Crippen LogP contribution < -0.4 is 10.1 Å². The maximum atomic E-state index is 13.9. The molecule has 32 heavy (non-hydrogen) atoms. The number of likely N-dealkylation sites (tertiary alicyclic amines) is 1. The van der Waals surface area contributed by atoms with E-state index >= 15 is 0 Å². The molecule has 2 amide bonds. The normalized spacial score (nSPS) is 17.8. The number of ether oxygens (including phenoxy) is 1. The first kappa shape index (κ1) is 21.6. The van der Waals surface area contributed by atoms with Crippen molar-refractivity contribution in [1.82, 2.24) is 10.2 Å². The number of rotatable bonds is 6. The molecule has 1 aliphatic rings. The maximum Gasteiger partial charge on any atom is 0.254 e. The van der Waals surface area contributed by atoms with Crippen molar-refractivity contribution in [2.24, 2.45) is 5.92 Å². The molecule has 1 aliphatic heterocycles. The molecule has 0 radical (unpaired) electrons. The summed E-state index contributed by atoms with van der Waals surface area (Å²) in [6.45, 7) is 0.997. The lowest BCUT2D eigenvalue weighted by molar-refractivity contribution is -0.125. The second kappa shape index (κ2) is 9.64. The van der Waals surface area contributed by atoms with Gasteiger partial charge in [-0.15, -0.1) is 0 Å². The lowest BCUT2D eigenvalue weighted by Crippen LogP contribution is -2.35. The van der Waals surface area contributed by atoms with Crippen molar-refractivity contribution < 1.29 is 18.7 Å². The average molecular weight is 432 g/mol. The van der Waals surface area contributed by atoms with Gasteiger partial charge < -0.3 is 15.0 Å². The van der Waals surface area contributed by atoms with Crippen molar-refractivity contribution in [1.29, 1.82) is 0 Å². The summed E-state index contributed by atoms with van der Waals surface area (Å²) in [4.78, 5) is 28.0. The second-order valence-corrected chi connectivity index (χ2v) is 7.91. The van der Waals surface area contributed by atoms with Gasteiger partial charge in [-0.2, -0.15) is 0 Å². The van der Waals surface area contributed by atoms with Gasteiger partial charge in [0.2, 0.25) is 5.91 Å². The summed E-state index contributed by atoms with van der Waals surface area (Å²) in [5.41, 5.74) is 2.20. The van der Waals surface area contributed by atoms with Gasteiger partial charge in [-0.3, -0.25) is 9.59 Å². The van der Waals surface area contributed by atoms with Gasteiger partial charge in [-0.1, -0.05) is 48.5 Å². The van der Waals surface area contributed by atoms with Crippen LogP contribution in [0.25, 0.3) is 0 Å². The fourth-order valence-electron chi connectivity index (χ4n) is 4.17. The lowest BCUT2D eigenvalue weighted by atomic mass is 9.88. The predicted octanol–water partition coefficient (Wildman–Crippen LogP) is 4.01. The van der Waals surface area contributed by atoms with Crippen LogP contribution in [0.4, 0.5) is 4.39 Å². The molecule has 0 aromatic heterocycles. The van der Waals surface area contributed by atoms with Crippen LogP contribution in [0.1, 0.15) is 27.4 Å². The maximum absolute atomic E-state index is 13.9. The molecule has 0 aliphatic carbocycles.